The second-order valence-corrected chi connectivity index (χ2v) is 3.06. The normalized spacial score (nSPS) is 18.4. The standard InChI is InChI=1S/C7H9IO/c1-9-7-5-3-2-4-6(7)8/h4-5H,2-3H2,1H3. The van der Waals surface area contributed by atoms with Gasteiger partial charge in [0.05, 0.1) is 10.7 Å². The van der Waals surface area contributed by atoms with Crippen molar-refractivity contribution in [2.24, 2.45) is 0 Å². The molecular formula is C7H9IO. The lowest BCUT2D eigenvalue weighted by atomic mass is 10.2. The molecule has 0 aromatic rings. The molecule has 0 aromatic heterocycles. The molecule has 0 N–H and O–H groups in total. The van der Waals surface area contributed by atoms with Crippen LogP contribution in [0.5, 0.6) is 0 Å². The van der Waals surface area contributed by atoms with Crippen molar-refractivity contribution >= 4 is 22.6 Å². The van der Waals surface area contributed by atoms with E-state index in [-0.39, 0.29) is 0 Å². The maximum absolute atomic E-state index is 5.09. The van der Waals surface area contributed by atoms with E-state index in [1.54, 1.807) is 7.11 Å². The molecule has 1 aliphatic carbocycles. The van der Waals surface area contributed by atoms with Crippen LogP contribution in [0.1, 0.15) is 12.8 Å². The number of allylic oxidation sites excluding steroid dienone is 3. The predicted octanol–water partition coefficient (Wildman–Crippen LogP) is 2.63. The highest BCUT2D eigenvalue weighted by Crippen LogP contribution is 2.24. The summed E-state index contributed by atoms with van der Waals surface area (Å²) < 4.78 is 6.33. The lowest BCUT2D eigenvalue weighted by Crippen LogP contribution is -1.90. The van der Waals surface area contributed by atoms with Gasteiger partial charge in [-0.05, 0) is 41.5 Å². The summed E-state index contributed by atoms with van der Waals surface area (Å²) in [5, 5.41) is 0. The van der Waals surface area contributed by atoms with E-state index < -0.39 is 0 Å². The molecule has 0 aromatic carbocycles. The molecule has 0 spiro atoms. The van der Waals surface area contributed by atoms with Crippen LogP contribution in [0.3, 0.4) is 0 Å². The van der Waals surface area contributed by atoms with Crippen molar-refractivity contribution in [3.8, 4) is 0 Å². The Balaban J connectivity index is 2.68. The number of hydrogen-bond acceptors (Lipinski definition) is 1. The van der Waals surface area contributed by atoms with Gasteiger partial charge in [-0.15, -0.1) is 0 Å². The molecule has 50 valence electrons. The summed E-state index contributed by atoms with van der Waals surface area (Å²) in [6, 6.07) is 0. The molecule has 0 atom stereocenters. The highest BCUT2D eigenvalue weighted by atomic mass is 127. The number of rotatable bonds is 1. The van der Waals surface area contributed by atoms with E-state index in [1.807, 2.05) is 0 Å². The average molecular weight is 236 g/mol. The van der Waals surface area contributed by atoms with E-state index in [2.05, 4.69) is 34.7 Å². The smallest absolute Gasteiger partial charge is 0.127 e. The molecule has 0 saturated heterocycles. The van der Waals surface area contributed by atoms with E-state index >= 15 is 0 Å². The first-order valence-electron chi connectivity index (χ1n) is 2.95. The second kappa shape index (κ2) is 3.25. The second-order valence-electron chi connectivity index (χ2n) is 1.90. The van der Waals surface area contributed by atoms with Crippen molar-refractivity contribution in [3.05, 3.63) is 21.5 Å². The molecular weight excluding hydrogens is 227 g/mol. The molecule has 0 saturated carbocycles. The highest BCUT2D eigenvalue weighted by Gasteiger charge is 2.03. The first-order chi connectivity index (χ1) is 4.34. The van der Waals surface area contributed by atoms with Gasteiger partial charge < -0.3 is 4.74 Å². The first-order valence-corrected chi connectivity index (χ1v) is 4.02. The number of ether oxygens (including phenoxy) is 1. The van der Waals surface area contributed by atoms with Gasteiger partial charge in [0.15, 0.2) is 0 Å². The van der Waals surface area contributed by atoms with Crippen molar-refractivity contribution in [2.45, 2.75) is 12.8 Å². The van der Waals surface area contributed by atoms with E-state index in [1.165, 1.54) is 3.58 Å². The highest BCUT2D eigenvalue weighted by molar-refractivity contribution is 14.1. The molecule has 0 heterocycles. The van der Waals surface area contributed by atoms with E-state index in [0.717, 1.165) is 18.6 Å². The molecule has 0 amide bonds. The molecule has 0 radical (unpaired) electrons. The minimum atomic E-state index is 1.03. The molecule has 0 unspecified atom stereocenters. The first kappa shape index (κ1) is 7.12. The Morgan fingerprint density at radius 1 is 1.44 bits per heavy atom. The molecule has 1 nitrogen and oxygen atoms in total. The van der Waals surface area contributed by atoms with Crippen LogP contribution in [0.4, 0.5) is 0 Å². The van der Waals surface area contributed by atoms with Gasteiger partial charge in [-0.1, -0.05) is 6.08 Å². The third kappa shape index (κ3) is 1.71. The van der Waals surface area contributed by atoms with E-state index in [0.29, 0.717) is 0 Å². The zero-order valence-electron chi connectivity index (χ0n) is 5.36. The van der Waals surface area contributed by atoms with Gasteiger partial charge in [0.25, 0.3) is 0 Å². The Morgan fingerprint density at radius 3 is 2.56 bits per heavy atom. The monoisotopic (exact) mass is 236 g/mol. The van der Waals surface area contributed by atoms with E-state index in [9.17, 15) is 0 Å². The third-order valence-corrected chi connectivity index (χ3v) is 2.25. The third-order valence-electron chi connectivity index (χ3n) is 1.28. The van der Waals surface area contributed by atoms with Crippen LogP contribution < -0.4 is 0 Å². The molecule has 1 aliphatic rings. The molecule has 2 heteroatoms. The number of methoxy groups -OCH3 is 1. The van der Waals surface area contributed by atoms with Crippen LogP contribution in [0.15, 0.2) is 21.5 Å². The topological polar surface area (TPSA) is 9.23 Å². The number of halogens is 1. The van der Waals surface area contributed by atoms with Crippen molar-refractivity contribution in [1.29, 1.82) is 0 Å². The minimum absolute atomic E-state index is 1.03. The summed E-state index contributed by atoms with van der Waals surface area (Å²) in [5.41, 5.74) is 0. The summed E-state index contributed by atoms with van der Waals surface area (Å²) in [5.74, 6) is 1.03. The van der Waals surface area contributed by atoms with Crippen molar-refractivity contribution in [3.63, 3.8) is 0 Å². The van der Waals surface area contributed by atoms with Crippen molar-refractivity contribution < 1.29 is 4.74 Å². The van der Waals surface area contributed by atoms with Gasteiger partial charge in [-0.2, -0.15) is 0 Å². The lowest BCUT2D eigenvalue weighted by molar-refractivity contribution is 0.303. The SMILES string of the molecule is COC1=CCCC=C1I. The van der Waals surface area contributed by atoms with Crippen molar-refractivity contribution in [1.82, 2.24) is 0 Å². The Morgan fingerprint density at radius 2 is 2.11 bits per heavy atom. The van der Waals surface area contributed by atoms with Crippen LogP contribution in [-0.4, -0.2) is 7.11 Å². The van der Waals surface area contributed by atoms with Crippen LogP contribution in [-0.2, 0) is 4.74 Å². The minimum Gasteiger partial charge on any atom is -0.496 e. The fourth-order valence-corrected chi connectivity index (χ4v) is 1.56. The summed E-state index contributed by atoms with van der Waals surface area (Å²) in [7, 11) is 1.71. The Hall–Kier alpha value is 0.01000. The molecule has 9 heavy (non-hydrogen) atoms. The summed E-state index contributed by atoms with van der Waals surface area (Å²) >= 11 is 2.29. The van der Waals surface area contributed by atoms with Crippen LogP contribution in [0.25, 0.3) is 0 Å². The summed E-state index contributed by atoms with van der Waals surface area (Å²) in [6.45, 7) is 0. The van der Waals surface area contributed by atoms with Gasteiger partial charge in [-0.3, -0.25) is 0 Å². The summed E-state index contributed by atoms with van der Waals surface area (Å²) in [6.07, 6.45) is 6.60. The fraction of sp³-hybridized carbons (Fsp3) is 0.429. The molecule has 0 aliphatic heterocycles. The number of hydrogen-bond donors (Lipinski definition) is 0. The van der Waals surface area contributed by atoms with Gasteiger partial charge in [0.2, 0.25) is 0 Å². The van der Waals surface area contributed by atoms with Gasteiger partial charge >= 0.3 is 0 Å². The molecule has 0 bridgehead atoms. The summed E-state index contributed by atoms with van der Waals surface area (Å²) in [4.78, 5) is 0. The van der Waals surface area contributed by atoms with Crippen LogP contribution >= 0.6 is 22.6 Å². The zero-order chi connectivity index (χ0) is 6.69. The van der Waals surface area contributed by atoms with Crippen LogP contribution in [0.2, 0.25) is 0 Å². The zero-order valence-corrected chi connectivity index (χ0v) is 7.51. The molecule has 0 fully saturated rings. The van der Waals surface area contributed by atoms with Crippen LogP contribution in [0, 0.1) is 0 Å². The maximum atomic E-state index is 5.09. The maximum Gasteiger partial charge on any atom is 0.127 e. The predicted molar refractivity (Wildman–Crippen MR) is 46.4 cm³/mol. The van der Waals surface area contributed by atoms with Gasteiger partial charge in [-0.25, -0.2) is 0 Å². The average Bonchev–Trinajstić information content (AvgIpc) is 1.89. The largest absolute Gasteiger partial charge is 0.496 e. The van der Waals surface area contributed by atoms with Gasteiger partial charge in [0, 0.05) is 0 Å². The Bertz CT molecular complexity index is 158. The Labute approximate surface area is 68.9 Å². The fourth-order valence-electron chi connectivity index (χ4n) is 0.803. The van der Waals surface area contributed by atoms with Gasteiger partial charge in [0.1, 0.15) is 5.76 Å². The molecule has 1 rings (SSSR count). The Kier molecular flexibility index (Phi) is 2.57. The quantitative estimate of drug-likeness (QED) is 0.636. The lowest BCUT2D eigenvalue weighted by Gasteiger charge is -2.08. The van der Waals surface area contributed by atoms with Crippen molar-refractivity contribution in [2.75, 3.05) is 7.11 Å². The van der Waals surface area contributed by atoms with E-state index in [4.69, 9.17) is 4.74 Å².